The van der Waals surface area contributed by atoms with Gasteiger partial charge in [-0.1, -0.05) is 41.8 Å². The van der Waals surface area contributed by atoms with E-state index in [1.165, 1.54) is 54.5 Å². The molecule has 1 fully saturated rings. The highest BCUT2D eigenvalue weighted by molar-refractivity contribution is 9.10. The molecule has 1 heterocycles. The van der Waals surface area contributed by atoms with Crippen LogP contribution in [0.25, 0.3) is 0 Å². The summed E-state index contributed by atoms with van der Waals surface area (Å²) in [6.07, 6.45) is 5.40. The first kappa shape index (κ1) is 14.9. The number of benzene rings is 1. The fourth-order valence-corrected chi connectivity index (χ4v) is 3.23. The topological polar surface area (TPSA) is 15.3 Å². The number of nitrogens with zero attached hydrogens (tertiary/aromatic N) is 1. The van der Waals surface area contributed by atoms with Gasteiger partial charge in [0.05, 0.1) is 0 Å². The van der Waals surface area contributed by atoms with Crippen LogP contribution in [-0.4, -0.2) is 19.6 Å². The maximum absolute atomic E-state index is 3.62. The smallest absolute Gasteiger partial charge is 0.0425 e. The lowest BCUT2D eigenvalue weighted by Crippen LogP contribution is -2.27. The Hall–Kier alpha value is -0.540. The van der Waals surface area contributed by atoms with E-state index in [4.69, 9.17) is 0 Å². The molecule has 1 aromatic rings. The molecule has 1 unspecified atom stereocenters. The third-order valence-corrected chi connectivity index (χ3v) is 4.41. The average Bonchev–Trinajstić information content (AvgIpc) is 2.67. The zero-order chi connectivity index (χ0) is 13.7. The predicted octanol–water partition coefficient (Wildman–Crippen LogP) is 4.50. The van der Waals surface area contributed by atoms with E-state index in [2.05, 4.69) is 58.2 Å². The number of hydrogen-bond donors (Lipinski definition) is 1. The van der Waals surface area contributed by atoms with E-state index in [0.717, 1.165) is 6.54 Å². The van der Waals surface area contributed by atoms with E-state index in [-0.39, 0.29) is 0 Å². The van der Waals surface area contributed by atoms with Crippen LogP contribution in [0.3, 0.4) is 0 Å². The highest BCUT2D eigenvalue weighted by Gasteiger charge is 2.17. The number of hydrogen-bond acceptors (Lipinski definition) is 2. The van der Waals surface area contributed by atoms with Crippen LogP contribution in [0.2, 0.25) is 0 Å². The van der Waals surface area contributed by atoms with Gasteiger partial charge in [0.25, 0.3) is 0 Å². The zero-order valence-corrected chi connectivity index (χ0v) is 13.7. The minimum atomic E-state index is 0.413. The summed E-state index contributed by atoms with van der Waals surface area (Å²) in [7, 11) is 0. The Balaban J connectivity index is 2.27. The summed E-state index contributed by atoms with van der Waals surface area (Å²) >= 11 is 3.62. The van der Waals surface area contributed by atoms with Gasteiger partial charge in [0.15, 0.2) is 0 Å². The van der Waals surface area contributed by atoms with Crippen molar-refractivity contribution in [1.82, 2.24) is 5.32 Å². The number of nitrogens with one attached hydrogen (secondary N) is 1. The number of rotatable bonds is 4. The first-order valence-corrected chi connectivity index (χ1v) is 8.29. The molecule has 3 heteroatoms. The van der Waals surface area contributed by atoms with Gasteiger partial charge in [-0.2, -0.15) is 0 Å². The van der Waals surface area contributed by atoms with Gasteiger partial charge in [-0.3, -0.25) is 0 Å². The third-order valence-electron chi connectivity index (χ3n) is 3.92. The molecule has 2 nitrogen and oxygen atoms in total. The van der Waals surface area contributed by atoms with Gasteiger partial charge in [0.1, 0.15) is 0 Å². The first-order chi connectivity index (χ1) is 9.22. The number of anilines is 1. The molecule has 0 aromatic heterocycles. The van der Waals surface area contributed by atoms with E-state index in [1.807, 2.05) is 0 Å². The van der Waals surface area contributed by atoms with Gasteiger partial charge >= 0.3 is 0 Å². The lowest BCUT2D eigenvalue weighted by molar-refractivity contribution is 0.595. The van der Waals surface area contributed by atoms with Gasteiger partial charge < -0.3 is 10.2 Å². The summed E-state index contributed by atoms with van der Waals surface area (Å²) in [6, 6.07) is 7.12. The monoisotopic (exact) mass is 324 g/mol. The van der Waals surface area contributed by atoms with E-state index in [9.17, 15) is 0 Å². The fourth-order valence-electron chi connectivity index (χ4n) is 2.88. The molecule has 1 aliphatic heterocycles. The minimum absolute atomic E-state index is 0.413. The van der Waals surface area contributed by atoms with Crippen molar-refractivity contribution in [3.8, 4) is 0 Å². The third kappa shape index (κ3) is 3.96. The summed E-state index contributed by atoms with van der Waals surface area (Å²) in [4.78, 5) is 2.57. The highest BCUT2D eigenvalue weighted by atomic mass is 79.9. The molecular weight excluding hydrogens is 300 g/mol. The Labute approximate surface area is 125 Å². The molecule has 1 atom stereocenters. The van der Waals surface area contributed by atoms with Crippen LogP contribution in [-0.2, 0) is 0 Å². The Morgan fingerprint density at radius 2 is 1.89 bits per heavy atom. The maximum atomic E-state index is 3.62. The molecule has 1 N–H and O–H groups in total. The van der Waals surface area contributed by atoms with E-state index in [0.29, 0.717) is 6.04 Å². The summed E-state index contributed by atoms with van der Waals surface area (Å²) < 4.78 is 1.18. The van der Waals surface area contributed by atoms with Crippen molar-refractivity contribution < 1.29 is 0 Å². The van der Waals surface area contributed by atoms with Gasteiger partial charge in [-0.25, -0.2) is 0 Å². The molecular formula is C16H25BrN2. The van der Waals surface area contributed by atoms with Crippen molar-refractivity contribution in [2.75, 3.05) is 24.5 Å². The molecule has 0 spiro atoms. The lowest BCUT2D eigenvalue weighted by atomic mass is 10.0. The van der Waals surface area contributed by atoms with Crippen LogP contribution < -0.4 is 10.2 Å². The normalized spacial score (nSPS) is 18.2. The van der Waals surface area contributed by atoms with Crippen LogP contribution in [0, 0.1) is 0 Å². The van der Waals surface area contributed by atoms with Gasteiger partial charge in [-0.15, -0.1) is 0 Å². The SMILES string of the molecule is CCNC(C)c1ccc(Br)cc1N1CCCCCC1. The van der Waals surface area contributed by atoms with Gasteiger partial charge in [0, 0.05) is 29.3 Å². The molecule has 0 bridgehead atoms. The minimum Gasteiger partial charge on any atom is -0.371 e. The molecule has 1 aliphatic rings. The van der Waals surface area contributed by atoms with Crippen molar-refractivity contribution in [2.45, 2.75) is 45.6 Å². The Morgan fingerprint density at radius 3 is 2.53 bits per heavy atom. The van der Waals surface area contributed by atoms with Crippen molar-refractivity contribution in [3.63, 3.8) is 0 Å². The molecule has 106 valence electrons. The Morgan fingerprint density at radius 1 is 1.21 bits per heavy atom. The summed E-state index contributed by atoms with van der Waals surface area (Å²) in [5.74, 6) is 0. The standard InChI is InChI=1S/C16H25BrN2/c1-3-18-13(2)15-9-8-14(17)12-16(15)19-10-6-4-5-7-11-19/h8-9,12-13,18H,3-7,10-11H2,1-2H3. The van der Waals surface area contributed by atoms with Crippen LogP contribution in [0.5, 0.6) is 0 Å². The maximum Gasteiger partial charge on any atom is 0.0425 e. The summed E-state index contributed by atoms with van der Waals surface area (Å²) in [5.41, 5.74) is 2.83. The Bertz CT molecular complexity index is 398. The zero-order valence-electron chi connectivity index (χ0n) is 12.1. The summed E-state index contributed by atoms with van der Waals surface area (Å²) in [5, 5.41) is 3.53. The molecule has 1 saturated heterocycles. The van der Waals surface area contributed by atoms with Crippen molar-refractivity contribution >= 4 is 21.6 Å². The van der Waals surface area contributed by atoms with Crippen LogP contribution in [0.15, 0.2) is 22.7 Å². The van der Waals surface area contributed by atoms with Gasteiger partial charge in [0.2, 0.25) is 0 Å². The quantitative estimate of drug-likeness (QED) is 0.877. The molecule has 0 radical (unpaired) electrons. The predicted molar refractivity (Wildman–Crippen MR) is 86.9 cm³/mol. The second-order valence-electron chi connectivity index (χ2n) is 5.38. The second-order valence-corrected chi connectivity index (χ2v) is 6.30. The van der Waals surface area contributed by atoms with E-state index < -0.39 is 0 Å². The number of halogens is 1. The van der Waals surface area contributed by atoms with Crippen LogP contribution >= 0.6 is 15.9 Å². The summed E-state index contributed by atoms with van der Waals surface area (Å²) in [6.45, 7) is 7.83. The van der Waals surface area contributed by atoms with Crippen molar-refractivity contribution in [1.29, 1.82) is 0 Å². The molecule has 1 aromatic carbocycles. The molecule has 0 saturated carbocycles. The van der Waals surface area contributed by atoms with Crippen LogP contribution in [0.1, 0.15) is 51.1 Å². The second kappa shape index (κ2) is 7.30. The Kier molecular flexibility index (Phi) is 5.71. The lowest BCUT2D eigenvalue weighted by Gasteiger charge is -2.28. The molecule has 19 heavy (non-hydrogen) atoms. The van der Waals surface area contributed by atoms with Gasteiger partial charge in [-0.05, 0) is 44.0 Å². The van der Waals surface area contributed by atoms with E-state index in [1.54, 1.807) is 0 Å². The van der Waals surface area contributed by atoms with Crippen molar-refractivity contribution in [3.05, 3.63) is 28.2 Å². The average molecular weight is 325 g/mol. The largest absolute Gasteiger partial charge is 0.371 e. The molecule has 0 aliphatic carbocycles. The van der Waals surface area contributed by atoms with E-state index >= 15 is 0 Å². The molecule has 2 rings (SSSR count). The fraction of sp³-hybridized carbons (Fsp3) is 0.625. The molecule has 0 amide bonds. The van der Waals surface area contributed by atoms with Crippen molar-refractivity contribution in [2.24, 2.45) is 0 Å². The van der Waals surface area contributed by atoms with Crippen LogP contribution in [0.4, 0.5) is 5.69 Å². The highest BCUT2D eigenvalue weighted by Crippen LogP contribution is 2.31. The first-order valence-electron chi connectivity index (χ1n) is 7.50.